The van der Waals surface area contributed by atoms with Gasteiger partial charge < -0.3 is 5.73 Å². The summed E-state index contributed by atoms with van der Waals surface area (Å²) in [5.41, 5.74) is 7.57. The molecule has 1 heteroatoms. The van der Waals surface area contributed by atoms with Crippen LogP contribution < -0.4 is 5.73 Å². The average molecular weight is 183 g/mol. The van der Waals surface area contributed by atoms with Gasteiger partial charge in [0.05, 0.1) is 0 Å². The van der Waals surface area contributed by atoms with Crippen molar-refractivity contribution < 1.29 is 0 Å². The number of rotatable bonds is 4. The highest BCUT2D eigenvalue weighted by atomic mass is 14.6. The van der Waals surface area contributed by atoms with Gasteiger partial charge in [-0.05, 0) is 31.1 Å². The Bertz CT molecular complexity index is 164. The maximum Gasteiger partial charge on any atom is 0.00786 e. The Morgan fingerprint density at radius 1 is 1.38 bits per heavy atom. The summed E-state index contributed by atoms with van der Waals surface area (Å²) in [6.07, 6.45) is 2.05. The van der Waals surface area contributed by atoms with Gasteiger partial charge in [-0.2, -0.15) is 0 Å². The topological polar surface area (TPSA) is 26.0 Å². The third kappa shape index (κ3) is 5.87. The van der Waals surface area contributed by atoms with Crippen molar-refractivity contribution in [3.63, 3.8) is 0 Å². The van der Waals surface area contributed by atoms with Gasteiger partial charge >= 0.3 is 0 Å². The fourth-order valence-corrected chi connectivity index (χ4v) is 1.34. The third-order valence-corrected chi connectivity index (χ3v) is 2.75. The molecule has 0 radical (unpaired) electrons. The first kappa shape index (κ1) is 12.7. The fraction of sp³-hybridized carbons (Fsp3) is 0.833. The molecule has 0 saturated heterocycles. The van der Waals surface area contributed by atoms with Crippen molar-refractivity contribution in [1.29, 1.82) is 0 Å². The van der Waals surface area contributed by atoms with E-state index in [2.05, 4.69) is 34.3 Å². The van der Waals surface area contributed by atoms with E-state index >= 15 is 0 Å². The second-order valence-electron chi connectivity index (χ2n) is 5.42. The lowest BCUT2D eigenvalue weighted by atomic mass is 9.78. The molecule has 0 heterocycles. The second kappa shape index (κ2) is 4.80. The molecule has 1 nitrogen and oxygen atoms in total. The van der Waals surface area contributed by atoms with Crippen LogP contribution in [0, 0.1) is 11.3 Å². The van der Waals surface area contributed by atoms with Crippen LogP contribution in [0.1, 0.15) is 47.5 Å². The van der Waals surface area contributed by atoms with Crippen LogP contribution in [-0.2, 0) is 0 Å². The second-order valence-corrected chi connectivity index (χ2v) is 5.42. The molecule has 78 valence electrons. The lowest BCUT2D eigenvalue weighted by Crippen LogP contribution is -2.28. The van der Waals surface area contributed by atoms with Gasteiger partial charge in [0.15, 0.2) is 0 Å². The predicted molar refractivity (Wildman–Crippen MR) is 60.6 cm³/mol. The molecule has 0 aromatic carbocycles. The zero-order valence-corrected chi connectivity index (χ0v) is 9.85. The molecule has 2 atom stereocenters. The summed E-state index contributed by atoms with van der Waals surface area (Å²) in [7, 11) is 0. The molecule has 0 amide bonds. The Morgan fingerprint density at radius 3 is 2.15 bits per heavy atom. The lowest BCUT2D eigenvalue weighted by molar-refractivity contribution is 0.233. The molecule has 0 spiro atoms. The summed E-state index contributed by atoms with van der Waals surface area (Å²) in [6, 6.07) is 0.284. The van der Waals surface area contributed by atoms with Crippen LogP contribution in [-0.4, -0.2) is 6.04 Å². The first-order valence-electron chi connectivity index (χ1n) is 5.13. The minimum atomic E-state index is 0.284. The fourth-order valence-electron chi connectivity index (χ4n) is 1.34. The number of nitrogens with two attached hydrogens (primary N) is 1. The quantitative estimate of drug-likeness (QED) is 0.665. The van der Waals surface area contributed by atoms with Crippen molar-refractivity contribution in [2.75, 3.05) is 0 Å². The van der Waals surface area contributed by atoms with Gasteiger partial charge in [0.25, 0.3) is 0 Å². The lowest BCUT2D eigenvalue weighted by Gasteiger charge is -2.29. The number of hydrogen-bond donors (Lipinski definition) is 1. The summed E-state index contributed by atoms with van der Waals surface area (Å²) in [6.45, 7) is 15.0. The highest BCUT2D eigenvalue weighted by Crippen LogP contribution is 2.29. The van der Waals surface area contributed by atoms with Crippen LogP contribution >= 0.6 is 0 Å². The monoisotopic (exact) mass is 183 g/mol. The minimum Gasteiger partial charge on any atom is -0.327 e. The van der Waals surface area contributed by atoms with E-state index in [1.165, 1.54) is 5.57 Å². The summed E-state index contributed by atoms with van der Waals surface area (Å²) < 4.78 is 0. The Morgan fingerprint density at radius 2 is 1.85 bits per heavy atom. The standard InChI is InChI=1S/C12H25N/c1-9(2)7-11(13)8-10(3)12(4,5)6/h10-11H,1,7-8,13H2,2-6H3. The molecule has 0 saturated carbocycles. The molecule has 0 aromatic heterocycles. The van der Waals surface area contributed by atoms with Crippen molar-refractivity contribution in [1.82, 2.24) is 0 Å². The van der Waals surface area contributed by atoms with Gasteiger partial charge in [-0.3, -0.25) is 0 Å². The zero-order valence-electron chi connectivity index (χ0n) is 9.85. The maximum absolute atomic E-state index is 6.01. The minimum absolute atomic E-state index is 0.284. The molecular formula is C12H25N. The highest BCUT2D eigenvalue weighted by Gasteiger charge is 2.21. The van der Waals surface area contributed by atoms with Crippen molar-refractivity contribution in [2.45, 2.75) is 53.5 Å². The molecule has 2 N–H and O–H groups in total. The molecule has 0 aliphatic heterocycles. The summed E-state index contributed by atoms with van der Waals surface area (Å²) in [5.74, 6) is 0.668. The van der Waals surface area contributed by atoms with Crippen molar-refractivity contribution in [3.05, 3.63) is 12.2 Å². The van der Waals surface area contributed by atoms with Crippen LogP contribution in [0.4, 0.5) is 0 Å². The predicted octanol–water partition coefficient (Wildman–Crippen LogP) is 3.35. The molecule has 13 heavy (non-hydrogen) atoms. The summed E-state index contributed by atoms with van der Waals surface area (Å²) in [4.78, 5) is 0. The Kier molecular flexibility index (Phi) is 4.69. The van der Waals surface area contributed by atoms with Crippen LogP contribution in [0.25, 0.3) is 0 Å². The number of hydrogen-bond acceptors (Lipinski definition) is 1. The SMILES string of the molecule is C=C(C)CC(N)CC(C)C(C)(C)C. The van der Waals surface area contributed by atoms with Gasteiger partial charge in [0.2, 0.25) is 0 Å². The smallest absolute Gasteiger partial charge is 0.00786 e. The largest absolute Gasteiger partial charge is 0.327 e. The molecule has 2 unspecified atom stereocenters. The van der Waals surface area contributed by atoms with Crippen molar-refractivity contribution in [3.8, 4) is 0 Å². The first-order valence-corrected chi connectivity index (χ1v) is 5.13. The maximum atomic E-state index is 6.01. The van der Waals surface area contributed by atoms with E-state index in [0.717, 1.165) is 12.8 Å². The van der Waals surface area contributed by atoms with Crippen molar-refractivity contribution in [2.24, 2.45) is 17.1 Å². The van der Waals surface area contributed by atoms with Crippen LogP contribution in [0.5, 0.6) is 0 Å². The van der Waals surface area contributed by atoms with E-state index in [0.29, 0.717) is 11.3 Å². The van der Waals surface area contributed by atoms with E-state index < -0.39 is 0 Å². The van der Waals surface area contributed by atoms with Crippen molar-refractivity contribution >= 4 is 0 Å². The summed E-state index contributed by atoms with van der Waals surface area (Å²) >= 11 is 0. The van der Waals surface area contributed by atoms with E-state index in [1.54, 1.807) is 0 Å². The molecular weight excluding hydrogens is 158 g/mol. The van der Waals surface area contributed by atoms with Gasteiger partial charge in [-0.1, -0.05) is 33.3 Å². The Balaban J connectivity index is 3.92. The molecule has 0 bridgehead atoms. The molecule has 0 aliphatic rings. The van der Waals surface area contributed by atoms with E-state index in [-0.39, 0.29) is 6.04 Å². The molecule has 0 aromatic rings. The summed E-state index contributed by atoms with van der Waals surface area (Å²) in [5, 5.41) is 0. The van der Waals surface area contributed by atoms with Gasteiger partial charge in [-0.25, -0.2) is 0 Å². The van der Waals surface area contributed by atoms with E-state index in [4.69, 9.17) is 5.73 Å². The van der Waals surface area contributed by atoms with E-state index in [1.807, 2.05) is 6.92 Å². The van der Waals surface area contributed by atoms with Crippen LogP contribution in [0.15, 0.2) is 12.2 Å². The molecule has 0 rings (SSSR count). The third-order valence-electron chi connectivity index (χ3n) is 2.75. The average Bonchev–Trinajstić information content (AvgIpc) is 1.82. The van der Waals surface area contributed by atoms with Gasteiger partial charge in [0, 0.05) is 6.04 Å². The highest BCUT2D eigenvalue weighted by molar-refractivity contribution is 4.92. The Labute approximate surface area is 83.4 Å². The van der Waals surface area contributed by atoms with E-state index in [9.17, 15) is 0 Å². The van der Waals surface area contributed by atoms with Crippen LogP contribution in [0.2, 0.25) is 0 Å². The normalized spacial score (nSPS) is 16.8. The molecule has 0 fully saturated rings. The first-order chi connectivity index (χ1) is 5.73. The Hall–Kier alpha value is -0.300. The van der Waals surface area contributed by atoms with Gasteiger partial charge in [-0.15, -0.1) is 6.58 Å². The van der Waals surface area contributed by atoms with Crippen LogP contribution in [0.3, 0.4) is 0 Å². The zero-order chi connectivity index (χ0) is 10.6. The van der Waals surface area contributed by atoms with Gasteiger partial charge in [0.1, 0.15) is 0 Å². The molecule has 0 aliphatic carbocycles.